The zero-order valence-electron chi connectivity index (χ0n) is 9.40. The number of benzene rings is 1. The molecule has 0 heterocycles. The third-order valence-electron chi connectivity index (χ3n) is 3.40. The maximum absolute atomic E-state index is 10.7. The van der Waals surface area contributed by atoms with Crippen LogP contribution in [0.5, 0.6) is 0 Å². The average Bonchev–Trinajstić information content (AvgIpc) is 2.36. The van der Waals surface area contributed by atoms with Gasteiger partial charge in [-0.25, -0.2) is 0 Å². The van der Waals surface area contributed by atoms with Crippen LogP contribution >= 0.6 is 0 Å². The Balaban J connectivity index is 2.45. The normalized spacial score (nSPS) is 32.8. The van der Waals surface area contributed by atoms with Crippen molar-refractivity contribution in [2.24, 2.45) is 5.11 Å². The Labute approximate surface area is 99.3 Å². The molecule has 90 valence electrons. The predicted octanol–water partition coefficient (Wildman–Crippen LogP) is 2.10. The number of rotatable bonds is 2. The summed E-state index contributed by atoms with van der Waals surface area (Å²) < 4.78 is 0. The number of aliphatic hydroxyl groups is 2. The molecule has 3 atom stereocenters. The van der Waals surface area contributed by atoms with E-state index in [1.807, 2.05) is 6.07 Å². The largest absolute Gasteiger partial charge is 0.390 e. The summed E-state index contributed by atoms with van der Waals surface area (Å²) in [4.78, 5) is 2.77. The highest BCUT2D eigenvalue weighted by Crippen LogP contribution is 2.39. The molecule has 1 aromatic rings. The zero-order valence-corrected chi connectivity index (χ0v) is 9.40. The molecule has 0 unspecified atom stereocenters. The first kappa shape index (κ1) is 11.9. The molecule has 1 fully saturated rings. The van der Waals surface area contributed by atoms with Crippen molar-refractivity contribution in [2.75, 3.05) is 0 Å². The number of hydrogen-bond donors (Lipinski definition) is 2. The van der Waals surface area contributed by atoms with Crippen LogP contribution in [0.25, 0.3) is 10.4 Å². The van der Waals surface area contributed by atoms with Crippen molar-refractivity contribution in [3.8, 4) is 0 Å². The molecule has 5 heteroatoms. The molecule has 0 radical (unpaired) electrons. The van der Waals surface area contributed by atoms with Gasteiger partial charge < -0.3 is 10.2 Å². The first-order chi connectivity index (χ1) is 8.19. The second-order valence-corrected chi connectivity index (χ2v) is 4.36. The molecule has 2 N–H and O–H groups in total. The topological polar surface area (TPSA) is 89.2 Å². The molecule has 0 spiro atoms. The molecule has 17 heavy (non-hydrogen) atoms. The Morgan fingerprint density at radius 2 is 2.00 bits per heavy atom. The molecule has 2 rings (SSSR count). The Morgan fingerprint density at radius 3 is 2.65 bits per heavy atom. The van der Waals surface area contributed by atoms with Gasteiger partial charge in [0.25, 0.3) is 0 Å². The molecule has 0 amide bonds. The van der Waals surface area contributed by atoms with Crippen molar-refractivity contribution < 1.29 is 10.2 Å². The van der Waals surface area contributed by atoms with E-state index >= 15 is 0 Å². The fourth-order valence-electron chi connectivity index (χ4n) is 2.46. The summed E-state index contributed by atoms with van der Waals surface area (Å²) in [5, 5.41) is 24.4. The van der Waals surface area contributed by atoms with Crippen LogP contribution in [0.2, 0.25) is 0 Å². The Hall–Kier alpha value is -1.55. The molecule has 1 saturated carbocycles. The van der Waals surface area contributed by atoms with Gasteiger partial charge in [-0.2, -0.15) is 0 Å². The van der Waals surface area contributed by atoms with Crippen LogP contribution in [0.1, 0.15) is 24.8 Å². The summed E-state index contributed by atoms with van der Waals surface area (Å²) in [6, 6.07) is 8.30. The lowest BCUT2D eigenvalue weighted by Gasteiger charge is -2.41. The number of hydrogen-bond acceptors (Lipinski definition) is 3. The molecule has 0 saturated heterocycles. The van der Waals surface area contributed by atoms with Crippen LogP contribution in [0, 0.1) is 0 Å². The molecule has 0 bridgehead atoms. The second kappa shape index (κ2) is 4.75. The van der Waals surface area contributed by atoms with Crippen LogP contribution in [0.4, 0.5) is 0 Å². The van der Waals surface area contributed by atoms with E-state index in [-0.39, 0.29) is 0 Å². The van der Waals surface area contributed by atoms with Crippen LogP contribution in [0.15, 0.2) is 35.4 Å². The third-order valence-corrected chi connectivity index (χ3v) is 3.40. The molecular formula is C12H15N3O2. The smallest absolute Gasteiger partial charge is 0.124 e. The summed E-state index contributed by atoms with van der Waals surface area (Å²) >= 11 is 0. The predicted molar refractivity (Wildman–Crippen MR) is 63.1 cm³/mol. The monoisotopic (exact) mass is 233 g/mol. The van der Waals surface area contributed by atoms with Crippen LogP contribution in [0.3, 0.4) is 0 Å². The van der Waals surface area contributed by atoms with E-state index in [2.05, 4.69) is 10.0 Å². The number of aliphatic hydroxyl groups excluding tert-OH is 1. The Morgan fingerprint density at radius 1 is 1.29 bits per heavy atom. The SMILES string of the molecule is [N-]=[N+]=N[C@@H]1CCC[C@@H](O)[C@]1(O)c1ccccc1. The Kier molecular flexibility index (Phi) is 3.33. The highest BCUT2D eigenvalue weighted by atomic mass is 16.3. The van der Waals surface area contributed by atoms with E-state index in [1.54, 1.807) is 24.3 Å². The van der Waals surface area contributed by atoms with Gasteiger partial charge >= 0.3 is 0 Å². The highest BCUT2D eigenvalue weighted by Gasteiger charge is 2.46. The molecular weight excluding hydrogens is 218 g/mol. The maximum atomic E-state index is 10.7. The lowest BCUT2D eigenvalue weighted by atomic mass is 9.74. The van der Waals surface area contributed by atoms with E-state index < -0.39 is 17.7 Å². The van der Waals surface area contributed by atoms with Gasteiger partial charge in [-0.3, -0.25) is 0 Å². The van der Waals surface area contributed by atoms with Crippen molar-refractivity contribution >= 4 is 0 Å². The lowest BCUT2D eigenvalue weighted by Crippen LogP contribution is -2.51. The summed E-state index contributed by atoms with van der Waals surface area (Å²) in [5.41, 5.74) is 7.68. The van der Waals surface area contributed by atoms with Gasteiger partial charge in [0, 0.05) is 4.91 Å². The first-order valence-electron chi connectivity index (χ1n) is 5.69. The summed E-state index contributed by atoms with van der Waals surface area (Å²) in [5.74, 6) is 0. The van der Waals surface area contributed by atoms with Crippen LogP contribution in [-0.4, -0.2) is 22.4 Å². The number of azide groups is 1. The lowest BCUT2D eigenvalue weighted by molar-refractivity contribution is -0.118. The summed E-state index contributed by atoms with van der Waals surface area (Å²) in [7, 11) is 0. The molecule has 0 aliphatic heterocycles. The van der Waals surface area contributed by atoms with Gasteiger partial charge in [0.1, 0.15) is 5.60 Å². The minimum absolute atomic E-state index is 0.517. The van der Waals surface area contributed by atoms with E-state index in [1.165, 1.54) is 0 Å². The minimum Gasteiger partial charge on any atom is -0.390 e. The summed E-state index contributed by atoms with van der Waals surface area (Å²) in [6.07, 6.45) is 0.962. The second-order valence-electron chi connectivity index (χ2n) is 4.36. The van der Waals surface area contributed by atoms with Gasteiger partial charge in [-0.15, -0.1) is 0 Å². The molecule has 1 aliphatic rings. The highest BCUT2D eigenvalue weighted by molar-refractivity contribution is 5.27. The van der Waals surface area contributed by atoms with E-state index in [0.29, 0.717) is 18.4 Å². The van der Waals surface area contributed by atoms with Crippen molar-refractivity contribution in [2.45, 2.75) is 37.0 Å². The van der Waals surface area contributed by atoms with Gasteiger partial charge in [0.05, 0.1) is 12.1 Å². The fraction of sp³-hybridized carbons (Fsp3) is 0.500. The molecule has 0 aromatic heterocycles. The van der Waals surface area contributed by atoms with E-state index in [0.717, 1.165) is 6.42 Å². The zero-order chi connectivity index (χ0) is 12.3. The minimum atomic E-state index is -1.47. The van der Waals surface area contributed by atoms with Gasteiger partial charge in [-0.1, -0.05) is 41.9 Å². The maximum Gasteiger partial charge on any atom is 0.124 e. The van der Waals surface area contributed by atoms with Crippen molar-refractivity contribution in [3.63, 3.8) is 0 Å². The van der Waals surface area contributed by atoms with Crippen LogP contribution < -0.4 is 0 Å². The van der Waals surface area contributed by atoms with Gasteiger partial charge in [-0.05, 0) is 23.9 Å². The number of nitrogens with zero attached hydrogens (tertiary/aromatic N) is 3. The van der Waals surface area contributed by atoms with Crippen molar-refractivity contribution in [3.05, 3.63) is 46.3 Å². The summed E-state index contributed by atoms with van der Waals surface area (Å²) in [6.45, 7) is 0. The fourth-order valence-corrected chi connectivity index (χ4v) is 2.46. The van der Waals surface area contributed by atoms with Gasteiger partial charge in [0.2, 0.25) is 0 Å². The quantitative estimate of drug-likeness (QED) is 0.465. The average molecular weight is 233 g/mol. The van der Waals surface area contributed by atoms with E-state index in [9.17, 15) is 10.2 Å². The van der Waals surface area contributed by atoms with Crippen LogP contribution in [-0.2, 0) is 5.60 Å². The van der Waals surface area contributed by atoms with E-state index in [4.69, 9.17) is 5.53 Å². The standard InChI is InChI=1S/C12H15N3O2/c13-15-14-10-7-4-8-11(16)12(10,17)9-5-2-1-3-6-9/h1-3,5-6,10-11,16-17H,4,7-8H2/t10-,11-,12+/m1/s1. The van der Waals surface area contributed by atoms with Crippen molar-refractivity contribution in [1.82, 2.24) is 0 Å². The molecule has 1 aliphatic carbocycles. The molecule has 1 aromatic carbocycles. The first-order valence-corrected chi connectivity index (χ1v) is 5.69. The third kappa shape index (κ3) is 2.00. The molecule has 5 nitrogen and oxygen atoms in total. The van der Waals surface area contributed by atoms with Crippen molar-refractivity contribution in [1.29, 1.82) is 0 Å². The Bertz CT molecular complexity index is 431. The van der Waals surface area contributed by atoms with Gasteiger partial charge in [0.15, 0.2) is 0 Å².